The predicted octanol–water partition coefficient (Wildman–Crippen LogP) is 1.79. The Balaban J connectivity index is 3.66. The fourth-order valence-corrected chi connectivity index (χ4v) is 1.44. The van der Waals surface area contributed by atoms with E-state index in [0.717, 1.165) is 0 Å². The summed E-state index contributed by atoms with van der Waals surface area (Å²) in [6, 6.07) is -0.573. The van der Waals surface area contributed by atoms with Crippen LogP contribution in [0.5, 0.6) is 0 Å². The molecule has 0 bridgehead atoms. The van der Waals surface area contributed by atoms with Gasteiger partial charge < -0.3 is 4.98 Å². The van der Waals surface area contributed by atoms with Crippen molar-refractivity contribution in [3.63, 3.8) is 0 Å². The quantitative estimate of drug-likeness (QED) is 0.833. The summed E-state index contributed by atoms with van der Waals surface area (Å²) in [6.45, 7) is 2.97. The minimum absolute atomic E-state index is 0.573. The second-order valence-corrected chi connectivity index (χ2v) is 3.76. The number of alkyl halides is 3. The molecule has 1 N–H and O–H groups in total. The fraction of sp³-hybridized carbons (Fsp3) is 0.500. The average molecular weight is 257 g/mol. The molecular weight excluding hydrogens is 249 g/mol. The Hall–Kier alpha value is -1.24. The first-order chi connectivity index (χ1) is 7.16. The van der Waals surface area contributed by atoms with Crippen LogP contribution in [0.4, 0.5) is 13.2 Å². The molecule has 0 aromatic carbocycles. The van der Waals surface area contributed by atoms with Crippen molar-refractivity contribution in [1.29, 1.82) is 0 Å². The second-order valence-electron chi connectivity index (χ2n) is 3.39. The third kappa shape index (κ3) is 2.13. The third-order valence-electron chi connectivity index (χ3n) is 1.88. The molecule has 16 heavy (non-hydrogen) atoms. The SMILES string of the molecule is CC(C)n1c(=O)[nH]c(C(F)(F)F)c(Cl)c1=O. The van der Waals surface area contributed by atoms with Crippen LogP contribution in [-0.2, 0) is 6.18 Å². The summed E-state index contributed by atoms with van der Waals surface area (Å²) in [5.41, 5.74) is -3.79. The van der Waals surface area contributed by atoms with Crippen molar-refractivity contribution < 1.29 is 13.2 Å². The van der Waals surface area contributed by atoms with Crippen molar-refractivity contribution in [2.75, 3.05) is 0 Å². The zero-order valence-corrected chi connectivity index (χ0v) is 9.11. The molecule has 1 rings (SSSR count). The van der Waals surface area contributed by atoms with Crippen LogP contribution in [0.1, 0.15) is 25.6 Å². The number of nitrogens with one attached hydrogen (secondary N) is 1. The molecule has 0 fully saturated rings. The molecule has 8 heteroatoms. The van der Waals surface area contributed by atoms with E-state index in [4.69, 9.17) is 11.6 Å². The molecule has 0 aliphatic rings. The lowest BCUT2D eigenvalue weighted by molar-refractivity contribution is -0.141. The molecule has 0 amide bonds. The van der Waals surface area contributed by atoms with Crippen molar-refractivity contribution in [3.05, 3.63) is 31.6 Å². The first-order valence-electron chi connectivity index (χ1n) is 4.27. The van der Waals surface area contributed by atoms with E-state index in [9.17, 15) is 22.8 Å². The van der Waals surface area contributed by atoms with Crippen LogP contribution in [-0.4, -0.2) is 9.55 Å². The van der Waals surface area contributed by atoms with Gasteiger partial charge in [-0.25, -0.2) is 4.79 Å². The molecule has 0 aliphatic carbocycles. The van der Waals surface area contributed by atoms with Crippen LogP contribution < -0.4 is 11.2 Å². The lowest BCUT2D eigenvalue weighted by atomic mass is 10.3. The molecule has 0 spiro atoms. The van der Waals surface area contributed by atoms with Gasteiger partial charge in [0.2, 0.25) is 0 Å². The normalized spacial score (nSPS) is 12.2. The van der Waals surface area contributed by atoms with Crippen molar-refractivity contribution in [2.45, 2.75) is 26.1 Å². The van der Waals surface area contributed by atoms with E-state index < -0.39 is 34.2 Å². The standard InChI is InChI=1S/C8H8ClF3N2O2/c1-3(2)14-6(15)4(9)5(8(10,11)12)13-7(14)16/h3H,1-2H3,(H,13,16). The van der Waals surface area contributed by atoms with E-state index in [2.05, 4.69) is 0 Å². The Kier molecular flexibility index (Phi) is 3.18. The lowest BCUT2D eigenvalue weighted by Gasteiger charge is -2.12. The highest BCUT2D eigenvalue weighted by Gasteiger charge is 2.36. The highest BCUT2D eigenvalue weighted by molar-refractivity contribution is 6.31. The highest BCUT2D eigenvalue weighted by Crippen LogP contribution is 2.30. The molecule has 0 saturated carbocycles. The maximum absolute atomic E-state index is 12.3. The summed E-state index contributed by atoms with van der Waals surface area (Å²) in [5.74, 6) is 0. The molecular formula is C8H8ClF3N2O2. The maximum Gasteiger partial charge on any atom is 0.433 e. The van der Waals surface area contributed by atoms with Gasteiger partial charge in [-0.05, 0) is 13.8 Å². The van der Waals surface area contributed by atoms with Crippen LogP contribution in [0.2, 0.25) is 5.02 Å². The summed E-state index contributed by atoms with van der Waals surface area (Å²) in [5, 5.41) is -1.03. The molecule has 90 valence electrons. The fourth-order valence-electron chi connectivity index (χ4n) is 1.19. The van der Waals surface area contributed by atoms with Gasteiger partial charge >= 0.3 is 11.9 Å². The Morgan fingerprint density at radius 1 is 1.31 bits per heavy atom. The van der Waals surface area contributed by atoms with E-state index >= 15 is 0 Å². The van der Waals surface area contributed by atoms with Gasteiger partial charge in [0.05, 0.1) is 0 Å². The van der Waals surface area contributed by atoms with Crippen molar-refractivity contribution >= 4 is 11.6 Å². The summed E-state index contributed by atoms with van der Waals surface area (Å²) in [4.78, 5) is 24.2. The van der Waals surface area contributed by atoms with E-state index in [1.165, 1.54) is 13.8 Å². The Bertz CT molecular complexity index is 515. The molecule has 1 heterocycles. The van der Waals surface area contributed by atoms with Gasteiger partial charge in [0.1, 0.15) is 10.7 Å². The molecule has 4 nitrogen and oxygen atoms in total. The Morgan fingerprint density at radius 3 is 2.19 bits per heavy atom. The van der Waals surface area contributed by atoms with Crippen molar-refractivity contribution in [1.82, 2.24) is 9.55 Å². The molecule has 0 atom stereocenters. The monoisotopic (exact) mass is 256 g/mol. The molecule has 0 unspecified atom stereocenters. The average Bonchev–Trinajstić information content (AvgIpc) is 2.09. The van der Waals surface area contributed by atoms with Gasteiger partial charge in [-0.2, -0.15) is 13.2 Å². The van der Waals surface area contributed by atoms with Crippen molar-refractivity contribution in [2.24, 2.45) is 0 Å². The van der Waals surface area contributed by atoms with Crippen LogP contribution in [0, 0.1) is 0 Å². The van der Waals surface area contributed by atoms with Crippen LogP contribution in [0.25, 0.3) is 0 Å². The molecule has 1 aromatic heterocycles. The number of aromatic amines is 1. The number of nitrogens with zero attached hydrogens (tertiary/aromatic N) is 1. The first kappa shape index (κ1) is 12.8. The molecule has 0 saturated heterocycles. The summed E-state index contributed by atoms with van der Waals surface area (Å²) in [6.07, 6.45) is -4.86. The molecule has 1 aromatic rings. The number of aromatic nitrogens is 2. The van der Waals surface area contributed by atoms with Crippen LogP contribution in [0.3, 0.4) is 0 Å². The minimum atomic E-state index is -4.86. The van der Waals surface area contributed by atoms with Gasteiger partial charge in [-0.3, -0.25) is 9.36 Å². The summed E-state index contributed by atoms with van der Waals surface area (Å²) < 4.78 is 37.6. The van der Waals surface area contributed by atoms with Gasteiger partial charge in [-0.1, -0.05) is 11.6 Å². The number of hydrogen-bond acceptors (Lipinski definition) is 2. The van der Waals surface area contributed by atoms with E-state index in [1.807, 2.05) is 0 Å². The first-order valence-corrected chi connectivity index (χ1v) is 4.65. The Labute approximate surface area is 92.7 Å². The number of rotatable bonds is 1. The smallest absolute Gasteiger partial charge is 0.302 e. The van der Waals surface area contributed by atoms with Crippen LogP contribution >= 0.6 is 11.6 Å². The zero-order chi connectivity index (χ0) is 12.7. The highest BCUT2D eigenvalue weighted by atomic mass is 35.5. The predicted molar refractivity (Wildman–Crippen MR) is 51.7 cm³/mol. The maximum atomic E-state index is 12.3. The van der Waals surface area contributed by atoms with E-state index in [0.29, 0.717) is 4.57 Å². The van der Waals surface area contributed by atoms with Gasteiger partial charge in [0.15, 0.2) is 0 Å². The number of halogens is 4. The molecule has 0 aliphatic heterocycles. The van der Waals surface area contributed by atoms with Gasteiger partial charge in [0, 0.05) is 6.04 Å². The number of H-pyrrole nitrogens is 1. The summed E-state index contributed by atoms with van der Waals surface area (Å²) >= 11 is 5.28. The molecule has 0 radical (unpaired) electrons. The van der Waals surface area contributed by atoms with Crippen molar-refractivity contribution in [3.8, 4) is 0 Å². The van der Waals surface area contributed by atoms with E-state index in [-0.39, 0.29) is 0 Å². The zero-order valence-electron chi connectivity index (χ0n) is 8.35. The van der Waals surface area contributed by atoms with Gasteiger partial charge in [-0.15, -0.1) is 0 Å². The third-order valence-corrected chi connectivity index (χ3v) is 2.23. The summed E-state index contributed by atoms with van der Waals surface area (Å²) in [7, 11) is 0. The minimum Gasteiger partial charge on any atom is -0.302 e. The number of hydrogen-bond donors (Lipinski definition) is 1. The topological polar surface area (TPSA) is 54.9 Å². The van der Waals surface area contributed by atoms with Crippen LogP contribution in [0.15, 0.2) is 9.59 Å². The second kappa shape index (κ2) is 3.97. The lowest BCUT2D eigenvalue weighted by Crippen LogP contribution is -2.39. The Morgan fingerprint density at radius 2 is 1.81 bits per heavy atom. The largest absolute Gasteiger partial charge is 0.433 e. The van der Waals surface area contributed by atoms with Gasteiger partial charge in [0.25, 0.3) is 5.56 Å². The van der Waals surface area contributed by atoms with E-state index in [1.54, 1.807) is 4.98 Å².